The highest BCUT2D eigenvalue weighted by atomic mass is 19.1. The van der Waals surface area contributed by atoms with Crippen LogP contribution in [0.1, 0.15) is 18.9 Å². The van der Waals surface area contributed by atoms with Crippen molar-refractivity contribution in [3.8, 4) is 5.75 Å². The Morgan fingerprint density at radius 2 is 2.24 bits per heavy atom. The number of ether oxygens (including phenoxy) is 2. The van der Waals surface area contributed by atoms with Crippen molar-refractivity contribution in [2.45, 2.75) is 38.5 Å². The van der Waals surface area contributed by atoms with Gasteiger partial charge in [0.1, 0.15) is 23.8 Å². The van der Waals surface area contributed by atoms with Crippen LogP contribution in [0.15, 0.2) is 18.2 Å². The van der Waals surface area contributed by atoms with E-state index < -0.39 is 0 Å². The van der Waals surface area contributed by atoms with Crippen LogP contribution in [0.4, 0.5) is 4.39 Å². The van der Waals surface area contributed by atoms with Crippen molar-refractivity contribution >= 4 is 0 Å². The number of halogens is 1. The summed E-state index contributed by atoms with van der Waals surface area (Å²) in [6.45, 7) is 4.43. The molecule has 1 aliphatic carbocycles. The Kier molecular flexibility index (Phi) is 3.64. The molecule has 1 aliphatic rings. The lowest BCUT2D eigenvalue weighted by Gasteiger charge is -2.41. The van der Waals surface area contributed by atoms with Crippen LogP contribution in [0, 0.1) is 12.7 Å². The van der Waals surface area contributed by atoms with Crippen LogP contribution in [0.2, 0.25) is 0 Å². The van der Waals surface area contributed by atoms with E-state index in [-0.39, 0.29) is 24.1 Å². The maximum Gasteiger partial charge on any atom is 0.128 e. The molecule has 0 spiro atoms. The van der Waals surface area contributed by atoms with Gasteiger partial charge in [-0.2, -0.15) is 0 Å². The Labute approximate surface area is 101 Å². The molecule has 3 nitrogen and oxygen atoms in total. The first kappa shape index (κ1) is 12.3. The first-order valence-electron chi connectivity index (χ1n) is 5.91. The number of aryl methyl sites for hydroxylation is 1. The zero-order chi connectivity index (χ0) is 12.4. The van der Waals surface area contributed by atoms with E-state index in [2.05, 4.69) is 0 Å². The molecule has 0 bridgehead atoms. The quantitative estimate of drug-likeness (QED) is 0.874. The standard InChI is InChI=1S/C13H18FNO2/c1-3-16-13-10(15)7-12(13)17-11-6-9(14)5-4-8(11)2/h4-6,10,12-13H,3,7,15H2,1-2H3. The van der Waals surface area contributed by atoms with Gasteiger partial charge in [0, 0.05) is 25.1 Å². The van der Waals surface area contributed by atoms with Gasteiger partial charge in [0.15, 0.2) is 0 Å². The summed E-state index contributed by atoms with van der Waals surface area (Å²) in [5, 5.41) is 0. The highest BCUT2D eigenvalue weighted by molar-refractivity contribution is 5.33. The van der Waals surface area contributed by atoms with Gasteiger partial charge in [0.05, 0.1) is 0 Å². The molecule has 17 heavy (non-hydrogen) atoms. The second-order valence-corrected chi connectivity index (χ2v) is 4.39. The molecule has 0 aromatic heterocycles. The van der Waals surface area contributed by atoms with Crippen molar-refractivity contribution in [1.82, 2.24) is 0 Å². The van der Waals surface area contributed by atoms with Crippen LogP contribution in [-0.2, 0) is 4.74 Å². The van der Waals surface area contributed by atoms with E-state index >= 15 is 0 Å². The molecule has 1 saturated carbocycles. The summed E-state index contributed by atoms with van der Waals surface area (Å²) in [7, 11) is 0. The fourth-order valence-electron chi connectivity index (χ4n) is 2.02. The number of hydrogen-bond acceptors (Lipinski definition) is 3. The second kappa shape index (κ2) is 5.02. The third-order valence-electron chi connectivity index (χ3n) is 3.08. The molecule has 2 rings (SSSR count). The monoisotopic (exact) mass is 239 g/mol. The summed E-state index contributed by atoms with van der Waals surface area (Å²) < 4.78 is 24.4. The molecule has 0 radical (unpaired) electrons. The molecule has 0 amide bonds. The molecule has 0 heterocycles. The van der Waals surface area contributed by atoms with Gasteiger partial charge in [0.2, 0.25) is 0 Å². The van der Waals surface area contributed by atoms with Crippen molar-refractivity contribution in [1.29, 1.82) is 0 Å². The predicted octanol–water partition coefficient (Wildman–Crippen LogP) is 2.02. The van der Waals surface area contributed by atoms with E-state index in [1.54, 1.807) is 6.07 Å². The molecule has 4 heteroatoms. The minimum absolute atomic E-state index is 0.0221. The third kappa shape index (κ3) is 2.58. The summed E-state index contributed by atoms with van der Waals surface area (Å²) in [5.41, 5.74) is 6.76. The van der Waals surface area contributed by atoms with Crippen LogP contribution >= 0.6 is 0 Å². The van der Waals surface area contributed by atoms with Gasteiger partial charge >= 0.3 is 0 Å². The third-order valence-corrected chi connectivity index (χ3v) is 3.08. The number of benzene rings is 1. The first-order chi connectivity index (χ1) is 8.11. The summed E-state index contributed by atoms with van der Waals surface area (Å²) in [6.07, 6.45) is 0.605. The minimum atomic E-state index is -0.290. The van der Waals surface area contributed by atoms with Crippen molar-refractivity contribution in [3.63, 3.8) is 0 Å². The smallest absolute Gasteiger partial charge is 0.128 e. The fourth-order valence-corrected chi connectivity index (χ4v) is 2.02. The maximum atomic E-state index is 13.1. The van der Waals surface area contributed by atoms with Crippen LogP contribution in [-0.4, -0.2) is 24.9 Å². The SMILES string of the molecule is CCOC1C(N)CC1Oc1cc(F)ccc1C. The lowest BCUT2D eigenvalue weighted by atomic mass is 9.86. The van der Waals surface area contributed by atoms with Gasteiger partial charge < -0.3 is 15.2 Å². The summed E-state index contributed by atoms with van der Waals surface area (Å²) in [4.78, 5) is 0. The zero-order valence-electron chi connectivity index (χ0n) is 10.2. The lowest BCUT2D eigenvalue weighted by molar-refractivity contribution is -0.0947. The van der Waals surface area contributed by atoms with E-state index in [0.717, 1.165) is 12.0 Å². The molecule has 94 valence electrons. The average Bonchev–Trinajstić information content (AvgIpc) is 2.30. The van der Waals surface area contributed by atoms with Gasteiger partial charge in [-0.05, 0) is 25.5 Å². The average molecular weight is 239 g/mol. The van der Waals surface area contributed by atoms with E-state index in [4.69, 9.17) is 15.2 Å². The van der Waals surface area contributed by atoms with Crippen LogP contribution < -0.4 is 10.5 Å². The van der Waals surface area contributed by atoms with Gasteiger partial charge in [-0.3, -0.25) is 0 Å². The zero-order valence-corrected chi connectivity index (χ0v) is 10.2. The number of rotatable bonds is 4. The van der Waals surface area contributed by atoms with Crippen molar-refractivity contribution < 1.29 is 13.9 Å². The topological polar surface area (TPSA) is 44.5 Å². The fraction of sp³-hybridized carbons (Fsp3) is 0.538. The number of hydrogen-bond donors (Lipinski definition) is 1. The summed E-state index contributed by atoms with van der Waals surface area (Å²) in [5.74, 6) is 0.286. The van der Waals surface area contributed by atoms with Gasteiger partial charge in [-0.25, -0.2) is 4.39 Å². The van der Waals surface area contributed by atoms with E-state index in [9.17, 15) is 4.39 Å². The van der Waals surface area contributed by atoms with E-state index in [1.807, 2.05) is 13.8 Å². The van der Waals surface area contributed by atoms with E-state index in [1.165, 1.54) is 12.1 Å². The van der Waals surface area contributed by atoms with Crippen molar-refractivity contribution in [2.75, 3.05) is 6.61 Å². The Hall–Kier alpha value is -1.13. The minimum Gasteiger partial charge on any atom is -0.487 e. The molecular formula is C13H18FNO2. The first-order valence-corrected chi connectivity index (χ1v) is 5.91. The molecule has 1 fully saturated rings. The molecule has 0 saturated heterocycles. The Bertz CT molecular complexity index is 397. The van der Waals surface area contributed by atoms with Crippen LogP contribution in [0.3, 0.4) is 0 Å². The molecular weight excluding hydrogens is 221 g/mol. The van der Waals surface area contributed by atoms with Crippen LogP contribution in [0.5, 0.6) is 5.75 Å². The molecule has 3 unspecified atom stereocenters. The number of nitrogens with two attached hydrogens (primary N) is 1. The molecule has 1 aromatic rings. The highest BCUT2D eigenvalue weighted by Crippen LogP contribution is 2.29. The van der Waals surface area contributed by atoms with Crippen molar-refractivity contribution in [3.05, 3.63) is 29.6 Å². The van der Waals surface area contributed by atoms with Gasteiger partial charge in [-0.1, -0.05) is 6.07 Å². The summed E-state index contributed by atoms with van der Waals surface area (Å²) >= 11 is 0. The Morgan fingerprint density at radius 1 is 1.47 bits per heavy atom. The second-order valence-electron chi connectivity index (χ2n) is 4.39. The summed E-state index contributed by atoms with van der Waals surface area (Å²) in [6, 6.07) is 4.56. The Balaban J connectivity index is 2.03. The van der Waals surface area contributed by atoms with Gasteiger partial charge in [-0.15, -0.1) is 0 Å². The highest BCUT2D eigenvalue weighted by Gasteiger charge is 2.41. The van der Waals surface area contributed by atoms with E-state index in [0.29, 0.717) is 12.4 Å². The lowest BCUT2D eigenvalue weighted by Crippen LogP contribution is -2.59. The molecule has 0 aliphatic heterocycles. The normalized spacial score (nSPS) is 27.6. The Morgan fingerprint density at radius 3 is 2.88 bits per heavy atom. The van der Waals surface area contributed by atoms with Crippen molar-refractivity contribution in [2.24, 2.45) is 5.73 Å². The molecule has 3 atom stereocenters. The van der Waals surface area contributed by atoms with Gasteiger partial charge in [0.25, 0.3) is 0 Å². The predicted molar refractivity (Wildman–Crippen MR) is 63.6 cm³/mol. The maximum absolute atomic E-state index is 13.1. The van der Waals surface area contributed by atoms with Crippen LogP contribution in [0.25, 0.3) is 0 Å². The largest absolute Gasteiger partial charge is 0.487 e. The molecule has 2 N–H and O–H groups in total. The molecule has 1 aromatic carbocycles.